The Bertz CT molecular complexity index is 442. The van der Waals surface area contributed by atoms with Gasteiger partial charge in [-0.25, -0.2) is 0 Å². The summed E-state index contributed by atoms with van der Waals surface area (Å²) in [4.78, 5) is 26.5. The minimum absolute atomic E-state index is 0.00176. The number of amides is 2. The third-order valence-corrected chi connectivity index (χ3v) is 3.44. The Morgan fingerprint density at radius 2 is 1.90 bits per heavy atom. The first-order valence-electron chi connectivity index (χ1n) is 6.94. The van der Waals surface area contributed by atoms with Gasteiger partial charge in [0.1, 0.15) is 5.75 Å². The van der Waals surface area contributed by atoms with Gasteiger partial charge in [0.2, 0.25) is 6.41 Å². The fraction of sp³-hybridized carbons (Fsp3) is 0.467. The lowest BCUT2D eigenvalue weighted by atomic mass is 10.2. The maximum absolute atomic E-state index is 12.4. The number of hydrogen-bond donors (Lipinski definition) is 0. The second-order valence-electron chi connectivity index (χ2n) is 4.79. The molecule has 1 aromatic carbocycles. The van der Waals surface area contributed by atoms with Gasteiger partial charge in [-0.1, -0.05) is 25.1 Å². The quantitative estimate of drug-likeness (QED) is 0.758. The first-order valence-corrected chi connectivity index (χ1v) is 6.94. The van der Waals surface area contributed by atoms with E-state index in [-0.39, 0.29) is 5.91 Å². The molecule has 108 valence electrons. The number of hydrogen-bond acceptors (Lipinski definition) is 3. The molecule has 2 rings (SSSR count). The summed E-state index contributed by atoms with van der Waals surface area (Å²) < 4.78 is 5.76. The van der Waals surface area contributed by atoms with E-state index in [2.05, 4.69) is 0 Å². The average Bonchev–Trinajstić information content (AvgIpc) is 2.53. The Labute approximate surface area is 119 Å². The van der Waals surface area contributed by atoms with E-state index >= 15 is 0 Å². The Morgan fingerprint density at radius 3 is 2.45 bits per heavy atom. The van der Waals surface area contributed by atoms with Crippen LogP contribution in [0.5, 0.6) is 5.75 Å². The van der Waals surface area contributed by atoms with Gasteiger partial charge in [-0.3, -0.25) is 9.59 Å². The summed E-state index contributed by atoms with van der Waals surface area (Å²) in [7, 11) is 0. The van der Waals surface area contributed by atoms with Crippen molar-refractivity contribution >= 4 is 12.3 Å². The van der Waals surface area contributed by atoms with Crippen LogP contribution in [0.2, 0.25) is 0 Å². The molecular weight excluding hydrogens is 256 g/mol. The van der Waals surface area contributed by atoms with Gasteiger partial charge in [0, 0.05) is 26.2 Å². The minimum Gasteiger partial charge on any atom is -0.481 e. The maximum Gasteiger partial charge on any atom is 0.263 e. The number of rotatable bonds is 5. The summed E-state index contributed by atoms with van der Waals surface area (Å²) in [5, 5.41) is 0. The number of piperazine rings is 1. The molecule has 1 aliphatic rings. The highest BCUT2D eigenvalue weighted by Gasteiger charge is 2.27. The van der Waals surface area contributed by atoms with Crippen molar-refractivity contribution in [3.05, 3.63) is 30.3 Å². The van der Waals surface area contributed by atoms with Gasteiger partial charge in [-0.15, -0.1) is 0 Å². The first kappa shape index (κ1) is 14.4. The molecule has 5 nitrogen and oxygen atoms in total. The standard InChI is InChI=1S/C15H20N2O3/c1-2-14(20-13-6-4-3-5-7-13)15(19)17-10-8-16(12-18)9-11-17/h3-7,12,14H,2,8-11H2,1H3/t14-/m1/s1. The van der Waals surface area contributed by atoms with E-state index in [1.165, 1.54) is 0 Å². The SMILES string of the molecule is CC[C@@H](Oc1ccccc1)C(=O)N1CCN(C=O)CC1. The molecule has 2 amide bonds. The molecule has 1 atom stereocenters. The number of carbonyl (C=O) groups is 2. The van der Waals surface area contributed by atoms with E-state index in [0.29, 0.717) is 38.3 Å². The van der Waals surface area contributed by atoms with Crippen molar-refractivity contribution in [2.24, 2.45) is 0 Å². The van der Waals surface area contributed by atoms with E-state index in [9.17, 15) is 9.59 Å². The van der Waals surface area contributed by atoms with Crippen molar-refractivity contribution in [3.63, 3.8) is 0 Å². The first-order chi connectivity index (χ1) is 9.74. The highest BCUT2D eigenvalue weighted by atomic mass is 16.5. The highest BCUT2D eigenvalue weighted by molar-refractivity contribution is 5.81. The summed E-state index contributed by atoms with van der Waals surface area (Å²) in [6, 6.07) is 9.37. The smallest absolute Gasteiger partial charge is 0.263 e. The zero-order valence-electron chi connectivity index (χ0n) is 11.7. The van der Waals surface area contributed by atoms with E-state index < -0.39 is 6.10 Å². The van der Waals surface area contributed by atoms with Crippen molar-refractivity contribution in [1.29, 1.82) is 0 Å². The molecule has 0 unspecified atom stereocenters. The van der Waals surface area contributed by atoms with Crippen LogP contribution >= 0.6 is 0 Å². The zero-order chi connectivity index (χ0) is 14.4. The van der Waals surface area contributed by atoms with Crippen LogP contribution in [0, 0.1) is 0 Å². The normalized spacial score (nSPS) is 16.6. The molecule has 0 aliphatic carbocycles. The van der Waals surface area contributed by atoms with Crippen LogP contribution in [0.25, 0.3) is 0 Å². The summed E-state index contributed by atoms with van der Waals surface area (Å²) in [5.74, 6) is 0.709. The molecule has 0 saturated carbocycles. The Morgan fingerprint density at radius 1 is 1.25 bits per heavy atom. The number of para-hydroxylation sites is 1. The van der Waals surface area contributed by atoms with Crippen molar-refractivity contribution in [2.75, 3.05) is 26.2 Å². The van der Waals surface area contributed by atoms with E-state index in [1.54, 1.807) is 9.80 Å². The van der Waals surface area contributed by atoms with Crippen molar-refractivity contribution < 1.29 is 14.3 Å². The maximum atomic E-state index is 12.4. The Hall–Kier alpha value is -2.04. The van der Waals surface area contributed by atoms with Gasteiger partial charge in [-0.05, 0) is 18.6 Å². The molecule has 1 saturated heterocycles. The third-order valence-electron chi connectivity index (χ3n) is 3.44. The zero-order valence-corrected chi connectivity index (χ0v) is 11.7. The van der Waals surface area contributed by atoms with Crippen LogP contribution < -0.4 is 4.74 Å². The fourth-order valence-corrected chi connectivity index (χ4v) is 2.22. The number of ether oxygens (including phenoxy) is 1. The molecule has 1 aliphatic heterocycles. The molecule has 5 heteroatoms. The van der Waals surface area contributed by atoms with Gasteiger partial charge in [0.25, 0.3) is 5.91 Å². The molecular formula is C15H20N2O3. The van der Waals surface area contributed by atoms with Crippen LogP contribution in [0.4, 0.5) is 0 Å². The van der Waals surface area contributed by atoms with E-state index in [4.69, 9.17) is 4.74 Å². The molecule has 1 heterocycles. The largest absolute Gasteiger partial charge is 0.481 e. The highest BCUT2D eigenvalue weighted by Crippen LogP contribution is 2.15. The number of benzene rings is 1. The minimum atomic E-state index is -0.458. The monoisotopic (exact) mass is 276 g/mol. The van der Waals surface area contributed by atoms with Gasteiger partial charge in [-0.2, -0.15) is 0 Å². The van der Waals surface area contributed by atoms with Gasteiger partial charge >= 0.3 is 0 Å². The summed E-state index contributed by atoms with van der Waals surface area (Å²) in [6.07, 6.45) is 1.00. The number of carbonyl (C=O) groups excluding carboxylic acids is 2. The Kier molecular flexibility index (Phi) is 4.98. The molecule has 0 radical (unpaired) electrons. The van der Waals surface area contributed by atoms with Crippen molar-refractivity contribution in [1.82, 2.24) is 9.80 Å². The molecule has 0 N–H and O–H groups in total. The molecule has 0 bridgehead atoms. The number of nitrogens with zero attached hydrogens (tertiary/aromatic N) is 2. The Balaban J connectivity index is 1.94. The fourth-order valence-electron chi connectivity index (χ4n) is 2.22. The van der Waals surface area contributed by atoms with Gasteiger partial charge in [0.05, 0.1) is 0 Å². The average molecular weight is 276 g/mol. The van der Waals surface area contributed by atoms with E-state index in [1.807, 2.05) is 37.3 Å². The molecule has 0 spiro atoms. The second kappa shape index (κ2) is 6.93. The van der Waals surface area contributed by atoms with Crippen molar-refractivity contribution in [2.45, 2.75) is 19.4 Å². The lowest BCUT2D eigenvalue weighted by Crippen LogP contribution is -2.51. The van der Waals surface area contributed by atoms with Crippen LogP contribution in [-0.2, 0) is 9.59 Å². The molecule has 1 aromatic rings. The third kappa shape index (κ3) is 3.50. The predicted molar refractivity (Wildman–Crippen MR) is 75.4 cm³/mol. The summed E-state index contributed by atoms with van der Waals surface area (Å²) in [5.41, 5.74) is 0. The van der Waals surface area contributed by atoms with E-state index in [0.717, 1.165) is 6.41 Å². The molecule has 0 aromatic heterocycles. The van der Waals surface area contributed by atoms with Crippen molar-refractivity contribution in [3.8, 4) is 5.75 Å². The van der Waals surface area contributed by atoms with Crippen LogP contribution in [-0.4, -0.2) is 54.4 Å². The van der Waals surface area contributed by atoms with Gasteiger partial charge < -0.3 is 14.5 Å². The lowest BCUT2D eigenvalue weighted by Gasteiger charge is -2.34. The molecule has 1 fully saturated rings. The van der Waals surface area contributed by atoms with Crippen LogP contribution in [0.1, 0.15) is 13.3 Å². The van der Waals surface area contributed by atoms with Crippen LogP contribution in [0.15, 0.2) is 30.3 Å². The summed E-state index contributed by atoms with van der Waals surface area (Å²) >= 11 is 0. The van der Waals surface area contributed by atoms with Crippen LogP contribution in [0.3, 0.4) is 0 Å². The second-order valence-corrected chi connectivity index (χ2v) is 4.79. The van der Waals surface area contributed by atoms with Gasteiger partial charge in [0.15, 0.2) is 6.10 Å². The predicted octanol–water partition coefficient (Wildman–Crippen LogP) is 1.14. The molecule has 20 heavy (non-hydrogen) atoms. The lowest BCUT2D eigenvalue weighted by molar-refractivity contribution is -0.142. The topological polar surface area (TPSA) is 49.9 Å². The summed E-state index contributed by atoms with van der Waals surface area (Å²) in [6.45, 7) is 4.28.